The number of amides is 1. The second kappa shape index (κ2) is 7.00. The Morgan fingerprint density at radius 2 is 2.35 bits per heavy atom. The summed E-state index contributed by atoms with van der Waals surface area (Å²) in [6, 6.07) is 5.32. The van der Waals surface area contributed by atoms with E-state index in [0.717, 1.165) is 12.8 Å². The van der Waals surface area contributed by atoms with Gasteiger partial charge in [0, 0.05) is 25.0 Å². The van der Waals surface area contributed by atoms with Crippen LogP contribution in [-0.2, 0) is 6.54 Å². The van der Waals surface area contributed by atoms with E-state index in [2.05, 4.69) is 10.1 Å². The van der Waals surface area contributed by atoms with E-state index in [9.17, 15) is 4.79 Å². The number of aromatic nitrogens is 3. The van der Waals surface area contributed by atoms with Gasteiger partial charge in [0.1, 0.15) is 0 Å². The van der Waals surface area contributed by atoms with Crippen molar-refractivity contribution in [3.8, 4) is 5.88 Å². The van der Waals surface area contributed by atoms with Gasteiger partial charge >= 0.3 is 0 Å². The van der Waals surface area contributed by atoms with Crippen LogP contribution in [0, 0.1) is 0 Å². The summed E-state index contributed by atoms with van der Waals surface area (Å²) in [5, 5.41) is 4.57. The highest BCUT2D eigenvalue weighted by Crippen LogP contribution is 2.25. The van der Waals surface area contributed by atoms with Crippen molar-refractivity contribution in [2.24, 2.45) is 0 Å². The lowest BCUT2D eigenvalue weighted by molar-refractivity contribution is 0.0714. The van der Waals surface area contributed by atoms with Gasteiger partial charge in [-0.15, -0.1) is 0 Å². The fourth-order valence-corrected chi connectivity index (χ4v) is 3.04. The van der Waals surface area contributed by atoms with Crippen LogP contribution in [0.3, 0.4) is 0 Å². The first-order valence-corrected chi connectivity index (χ1v) is 8.14. The number of carbonyl (C=O) groups is 1. The number of rotatable bonds is 5. The first-order chi connectivity index (χ1) is 11.2. The number of hydrogen-bond donors (Lipinski definition) is 0. The monoisotopic (exact) mass is 334 g/mol. The van der Waals surface area contributed by atoms with Crippen LogP contribution in [-0.4, -0.2) is 44.8 Å². The molecule has 3 heterocycles. The Hall–Kier alpha value is -2.08. The van der Waals surface area contributed by atoms with Gasteiger partial charge in [0.05, 0.1) is 24.2 Å². The summed E-state index contributed by atoms with van der Waals surface area (Å²) in [6.07, 6.45) is 5.57. The molecule has 3 rings (SSSR count). The Balaban J connectivity index is 1.79. The second-order valence-corrected chi connectivity index (χ2v) is 5.84. The molecule has 122 valence electrons. The van der Waals surface area contributed by atoms with E-state index < -0.39 is 0 Å². The van der Waals surface area contributed by atoms with Crippen molar-refractivity contribution in [3.63, 3.8) is 0 Å². The molecule has 1 saturated heterocycles. The lowest BCUT2D eigenvalue weighted by atomic mass is 10.2. The van der Waals surface area contributed by atoms with E-state index in [4.69, 9.17) is 16.3 Å². The first kappa shape index (κ1) is 15.8. The molecule has 1 amide bonds. The number of carbonyl (C=O) groups excluding carboxylic acids is 1. The van der Waals surface area contributed by atoms with Crippen LogP contribution >= 0.6 is 11.6 Å². The SMILES string of the molecule is CCOc1ccc(Cl)c(C(=O)N2CCCC2Cn2cccn2)n1. The molecule has 1 aliphatic rings. The highest BCUT2D eigenvalue weighted by atomic mass is 35.5. The number of ether oxygens (including phenoxy) is 1. The standard InChI is InChI=1S/C16H19ClN4O2/c1-2-23-14-7-6-13(17)15(19-14)16(22)21-10-3-5-12(21)11-20-9-4-8-18-20/h4,6-9,12H,2-3,5,10-11H2,1H3. The lowest BCUT2D eigenvalue weighted by Gasteiger charge is -2.24. The Bertz CT molecular complexity index is 675. The van der Waals surface area contributed by atoms with Gasteiger partial charge in [0.15, 0.2) is 5.69 Å². The fraction of sp³-hybridized carbons (Fsp3) is 0.438. The van der Waals surface area contributed by atoms with Gasteiger partial charge in [-0.05, 0) is 31.9 Å². The average Bonchev–Trinajstić information content (AvgIpc) is 3.21. The minimum Gasteiger partial charge on any atom is -0.478 e. The fourth-order valence-electron chi connectivity index (χ4n) is 2.86. The predicted octanol–water partition coefficient (Wildman–Crippen LogP) is 2.64. The van der Waals surface area contributed by atoms with Crippen molar-refractivity contribution in [1.29, 1.82) is 0 Å². The maximum atomic E-state index is 12.9. The van der Waals surface area contributed by atoms with Crippen molar-refractivity contribution in [2.75, 3.05) is 13.2 Å². The quantitative estimate of drug-likeness (QED) is 0.843. The molecule has 2 aromatic rings. The van der Waals surface area contributed by atoms with E-state index in [1.54, 1.807) is 18.3 Å². The molecule has 0 saturated carbocycles. The van der Waals surface area contributed by atoms with E-state index in [1.165, 1.54) is 0 Å². The van der Waals surface area contributed by atoms with Gasteiger partial charge < -0.3 is 9.64 Å². The van der Waals surface area contributed by atoms with Gasteiger partial charge in [-0.25, -0.2) is 4.98 Å². The Labute approximate surface area is 140 Å². The molecular formula is C16H19ClN4O2. The van der Waals surface area contributed by atoms with Crippen LogP contribution in [0.25, 0.3) is 0 Å². The summed E-state index contributed by atoms with van der Waals surface area (Å²) in [4.78, 5) is 19.0. The van der Waals surface area contributed by atoms with Crippen LogP contribution in [0.5, 0.6) is 5.88 Å². The number of nitrogens with zero attached hydrogens (tertiary/aromatic N) is 4. The summed E-state index contributed by atoms with van der Waals surface area (Å²) in [6.45, 7) is 3.76. The summed E-state index contributed by atoms with van der Waals surface area (Å²) in [7, 11) is 0. The van der Waals surface area contributed by atoms with Crippen molar-refractivity contribution >= 4 is 17.5 Å². The molecule has 1 atom stereocenters. The molecule has 23 heavy (non-hydrogen) atoms. The Morgan fingerprint density at radius 3 is 3.09 bits per heavy atom. The largest absolute Gasteiger partial charge is 0.478 e. The molecule has 1 aliphatic heterocycles. The van der Waals surface area contributed by atoms with Crippen LogP contribution in [0.2, 0.25) is 5.02 Å². The zero-order valence-electron chi connectivity index (χ0n) is 13.0. The third kappa shape index (κ3) is 3.47. The minimum atomic E-state index is -0.147. The number of likely N-dealkylation sites (tertiary alicyclic amines) is 1. The predicted molar refractivity (Wildman–Crippen MR) is 86.7 cm³/mol. The van der Waals surface area contributed by atoms with E-state index in [0.29, 0.717) is 30.6 Å². The molecule has 0 bridgehead atoms. The number of halogens is 1. The maximum Gasteiger partial charge on any atom is 0.274 e. The van der Waals surface area contributed by atoms with Crippen LogP contribution in [0.1, 0.15) is 30.3 Å². The van der Waals surface area contributed by atoms with Crippen molar-refractivity contribution in [3.05, 3.63) is 41.3 Å². The number of pyridine rings is 1. The van der Waals surface area contributed by atoms with Crippen LogP contribution in [0.4, 0.5) is 0 Å². The molecule has 1 unspecified atom stereocenters. The summed E-state index contributed by atoms with van der Waals surface area (Å²) < 4.78 is 7.22. The van der Waals surface area contributed by atoms with E-state index in [-0.39, 0.29) is 17.6 Å². The van der Waals surface area contributed by atoms with Crippen molar-refractivity contribution in [2.45, 2.75) is 32.4 Å². The highest BCUT2D eigenvalue weighted by Gasteiger charge is 2.31. The van der Waals surface area contributed by atoms with Gasteiger partial charge in [0.2, 0.25) is 5.88 Å². The molecule has 0 N–H and O–H groups in total. The van der Waals surface area contributed by atoms with E-state index >= 15 is 0 Å². The van der Waals surface area contributed by atoms with Crippen molar-refractivity contribution < 1.29 is 9.53 Å². The first-order valence-electron chi connectivity index (χ1n) is 7.76. The zero-order valence-corrected chi connectivity index (χ0v) is 13.7. The highest BCUT2D eigenvalue weighted by molar-refractivity contribution is 6.33. The molecule has 6 nitrogen and oxygen atoms in total. The topological polar surface area (TPSA) is 60.2 Å². The summed E-state index contributed by atoms with van der Waals surface area (Å²) in [5.41, 5.74) is 0.255. The van der Waals surface area contributed by atoms with Crippen LogP contribution in [0.15, 0.2) is 30.6 Å². The summed E-state index contributed by atoms with van der Waals surface area (Å²) in [5.74, 6) is 0.272. The molecule has 0 radical (unpaired) electrons. The summed E-state index contributed by atoms with van der Waals surface area (Å²) >= 11 is 6.18. The smallest absolute Gasteiger partial charge is 0.274 e. The van der Waals surface area contributed by atoms with E-state index in [1.807, 2.05) is 28.8 Å². The lowest BCUT2D eigenvalue weighted by Crippen LogP contribution is -2.38. The van der Waals surface area contributed by atoms with Gasteiger partial charge in [-0.1, -0.05) is 11.6 Å². The normalized spacial score (nSPS) is 17.5. The molecule has 1 fully saturated rings. The molecule has 0 aliphatic carbocycles. The van der Waals surface area contributed by atoms with Gasteiger partial charge in [0.25, 0.3) is 5.91 Å². The second-order valence-electron chi connectivity index (χ2n) is 5.44. The molecular weight excluding hydrogens is 316 g/mol. The third-order valence-corrected chi connectivity index (χ3v) is 4.22. The maximum absolute atomic E-state index is 12.9. The molecule has 7 heteroatoms. The van der Waals surface area contributed by atoms with Crippen molar-refractivity contribution in [1.82, 2.24) is 19.7 Å². The third-order valence-electron chi connectivity index (χ3n) is 3.91. The zero-order chi connectivity index (χ0) is 16.2. The number of hydrogen-bond acceptors (Lipinski definition) is 4. The Kier molecular flexibility index (Phi) is 4.81. The van der Waals surface area contributed by atoms with Crippen LogP contribution < -0.4 is 4.74 Å². The molecule has 0 aromatic carbocycles. The molecule has 2 aromatic heterocycles. The minimum absolute atomic E-state index is 0.107. The van der Waals surface area contributed by atoms with Gasteiger partial charge in [-0.3, -0.25) is 9.48 Å². The van der Waals surface area contributed by atoms with Gasteiger partial charge in [-0.2, -0.15) is 5.10 Å². The Morgan fingerprint density at radius 1 is 1.48 bits per heavy atom. The average molecular weight is 335 g/mol. The molecule has 0 spiro atoms.